The van der Waals surface area contributed by atoms with E-state index >= 15 is 0 Å². The zero-order valence-corrected chi connectivity index (χ0v) is 10.1. The van der Waals surface area contributed by atoms with Crippen molar-refractivity contribution in [1.82, 2.24) is 10.6 Å². The number of carbonyl (C=O) groups is 3. The minimum atomic E-state index is -1.09. The molecule has 3 N–H and O–H groups in total. The molecule has 0 aromatic rings. The number of amides is 2. The van der Waals surface area contributed by atoms with E-state index in [4.69, 9.17) is 5.11 Å². The highest BCUT2D eigenvalue weighted by atomic mass is 16.5. The number of urea groups is 1. The molecule has 0 spiro atoms. The van der Waals surface area contributed by atoms with Crippen LogP contribution in [0, 0.1) is 5.92 Å². The lowest BCUT2D eigenvalue weighted by Gasteiger charge is -2.18. The quantitative estimate of drug-likeness (QED) is 0.570. The number of carboxylic acid groups (broad SMARTS) is 1. The Balaban J connectivity index is 3.99. The Hall–Kier alpha value is -1.79. The second-order valence-corrected chi connectivity index (χ2v) is 3.79. The van der Waals surface area contributed by atoms with E-state index in [1.165, 1.54) is 7.11 Å². The van der Waals surface area contributed by atoms with Gasteiger partial charge in [0.1, 0.15) is 6.04 Å². The summed E-state index contributed by atoms with van der Waals surface area (Å²) in [5.74, 6) is -1.76. The molecule has 0 aliphatic carbocycles. The number of esters is 1. The Kier molecular flexibility index (Phi) is 6.69. The standard InChI is InChI=1S/C10H18N2O5/c1-6(2)8(9(14)15)12-10(16)11-5-4-7(13)17-3/h6,8H,4-5H2,1-3H3,(H,14,15)(H2,11,12,16). The van der Waals surface area contributed by atoms with Gasteiger partial charge in [-0.15, -0.1) is 0 Å². The predicted octanol–water partition coefficient (Wildman–Crippen LogP) is -0.0421. The van der Waals surface area contributed by atoms with Crippen molar-refractivity contribution in [2.24, 2.45) is 5.92 Å². The van der Waals surface area contributed by atoms with Crippen LogP contribution < -0.4 is 10.6 Å². The number of hydrogen-bond donors (Lipinski definition) is 3. The average Bonchev–Trinajstić information content (AvgIpc) is 2.24. The van der Waals surface area contributed by atoms with E-state index in [2.05, 4.69) is 15.4 Å². The summed E-state index contributed by atoms with van der Waals surface area (Å²) < 4.78 is 4.38. The summed E-state index contributed by atoms with van der Waals surface area (Å²) in [6.07, 6.45) is 0.0450. The first kappa shape index (κ1) is 15.2. The molecule has 1 atom stereocenters. The maximum Gasteiger partial charge on any atom is 0.326 e. The van der Waals surface area contributed by atoms with Gasteiger partial charge in [-0.2, -0.15) is 0 Å². The Morgan fingerprint density at radius 1 is 1.29 bits per heavy atom. The lowest BCUT2D eigenvalue weighted by molar-refractivity contribution is -0.141. The van der Waals surface area contributed by atoms with E-state index in [1.54, 1.807) is 13.8 Å². The SMILES string of the molecule is COC(=O)CCNC(=O)NC(C(=O)O)C(C)C. The van der Waals surface area contributed by atoms with Crippen LogP contribution in [0.25, 0.3) is 0 Å². The zero-order valence-electron chi connectivity index (χ0n) is 10.1. The highest BCUT2D eigenvalue weighted by molar-refractivity contribution is 5.82. The van der Waals surface area contributed by atoms with Crippen LogP contribution in [0.1, 0.15) is 20.3 Å². The predicted molar refractivity (Wildman–Crippen MR) is 59.4 cm³/mol. The summed E-state index contributed by atoms with van der Waals surface area (Å²) in [5.41, 5.74) is 0. The topological polar surface area (TPSA) is 105 Å². The van der Waals surface area contributed by atoms with Gasteiger partial charge in [-0.1, -0.05) is 13.8 Å². The number of carbonyl (C=O) groups excluding carboxylic acids is 2. The third kappa shape index (κ3) is 6.39. The molecule has 0 fully saturated rings. The zero-order chi connectivity index (χ0) is 13.4. The number of nitrogens with one attached hydrogen (secondary N) is 2. The molecule has 0 aromatic carbocycles. The molecule has 0 rings (SSSR count). The number of methoxy groups -OCH3 is 1. The number of aliphatic carboxylic acids is 1. The summed E-state index contributed by atoms with van der Waals surface area (Å²) in [5, 5.41) is 13.5. The molecule has 0 saturated heterocycles. The van der Waals surface area contributed by atoms with Gasteiger partial charge in [0, 0.05) is 6.54 Å². The van der Waals surface area contributed by atoms with Crippen LogP contribution in [0.2, 0.25) is 0 Å². The van der Waals surface area contributed by atoms with Crippen molar-refractivity contribution in [3.05, 3.63) is 0 Å². The Bertz CT molecular complexity index is 290. The number of carboxylic acids is 1. The first-order valence-corrected chi connectivity index (χ1v) is 5.22. The third-order valence-electron chi connectivity index (χ3n) is 2.06. The molecule has 98 valence electrons. The average molecular weight is 246 g/mol. The molecule has 0 aliphatic heterocycles. The highest BCUT2D eigenvalue weighted by Crippen LogP contribution is 2.01. The van der Waals surface area contributed by atoms with Crippen LogP contribution >= 0.6 is 0 Å². The monoisotopic (exact) mass is 246 g/mol. The van der Waals surface area contributed by atoms with Gasteiger partial charge in [-0.25, -0.2) is 9.59 Å². The fourth-order valence-electron chi connectivity index (χ4n) is 1.09. The first-order chi connectivity index (χ1) is 7.88. The van der Waals surface area contributed by atoms with Gasteiger partial charge in [0.2, 0.25) is 0 Å². The van der Waals surface area contributed by atoms with Gasteiger partial charge in [-0.05, 0) is 5.92 Å². The van der Waals surface area contributed by atoms with Crippen LogP contribution in [0.15, 0.2) is 0 Å². The molecular weight excluding hydrogens is 228 g/mol. The van der Waals surface area contributed by atoms with Gasteiger partial charge in [0.05, 0.1) is 13.5 Å². The van der Waals surface area contributed by atoms with Gasteiger partial charge < -0.3 is 20.5 Å². The molecule has 0 heterocycles. The summed E-state index contributed by atoms with van der Waals surface area (Å²) in [7, 11) is 1.25. The van der Waals surface area contributed by atoms with Crippen molar-refractivity contribution < 1.29 is 24.2 Å². The van der Waals surface area contributed by atoms with E-state index < -0.39 is 24.0 Å². The summed E-state index contributed by atoms with van der Waals surface area (Å²) in [4.78, 5) is 32.8. The Morgan fingerprint density at radius 2 is 1.88 bits per heavy atom. The second kappa shape index (κ2) is 7.48. The van der Waals surface area contributed by atoms with E-state index in [0.717, 1.165) is 0 Å². The van der Waals surface area contributed by atoms with Crippen LogP contribution in [0.5, 0.6) is 0 Å². The summed E-state index contributed by atoms with van der Waals surface area (Å²) in [6, 6.07) is -1.57. The van der Waals surface area contributed by atoms with E-state index in [1.807, 2.05) is 0 Å². The molecule has 0 aromatic heterocycles. The molecule has 7 nitrogen and oxygen atoms in total. The van der Waals surface area contributed by atoms with Crippen LogP contribution in [-0.4, -0.2) is 42.8 Å². The van der Waals surface area contributed by atoms with Crippen molar-refractivity contribution in [3.8, 4) is 0 Å². The van der Waals surface area contributed by atoms with Gasteiger partial charge in [0.15, 0.2) is 0 Å². The number of hydrogen-bond acceptors (Lipinski definition) is 4. The minimum Gasteiger partial charge on any atom is -0.480 e. The molecule has 0 bridgehead atoms. The fourth-order valence-corrected chi connectivity index (χ4v) is 1.09. The van der Waals surface area contributed by atoms with Crippen molar-refractivity contribution in [1.29, 1.82) is 0 Å². The van der Waals surface area contributed by atoms with Crippen molar-refractivity contribution >= 4 is 18.0 Å². The molecule has 2 amide bonds. The molecule has 7 heteroatoms. The van der Waals surface area contributed by atoms with Crippen LogP contribution in [-0.2, 0) is 14.3 Å². The van der Waals surface area contributed by atoms with E-state index in [0.29, 0.717) is 0 Å². The summed E-state index contributed by atoms with van der Waals surface area (Å²) >= 11 is 0. The largest absolute Gasteiger partial charge is 0.480 e. The van der Waals surface area contributed by atoms with Crippen molar-refractivity contribution in [2.45, 2.75) is 26.3 Å². The molecule has 17 heavy (non-hydrogen) atoms. The minimum absolute atomic E-state index is 0.0450. The third-order valence-corrected chi connectivity index (χ3v) is 2.06. The molecule has 0 radical (unpaired) electrons. The van der Waals surface area contributed by atoms with Gasteiger partial charge >= 0.3 is 18.0 Å². The van der Waals surface area contributed by atoms with Gasteiger partial charge in [0.25, 0.3) is 0 Å². The maximum atomic E-state index is 11.3. The second-order valence-electron chi connectivity index (χ2n) is 3.79. The van der Waals surface area contributed by atoms with Crippen molar-refractivity contribution in [2.75, 3.05) is 13.7 Å². The molecule has 1 unspecified atom stereocenters. The fraction of sp³-hybridized carbons (Fsp3) is 0.700. The highest BCUT2D eigenvalue weighted by Gasteiger charge is 2.23. The first-order valence-electron chi connectivity index (χ1n) is 5.22. The lowest BCUT2D eigenvalue weighted by Crippen LogP contribution is -2.48. The molecular formula is C10H18N2O5. The van der Waals surface area contributed by atoms with Crippen LogP contribution in [0.3, 0.4) is 0 Å². The number of ether oxygens (including phenoxy) is 1. The number of rotatable bonds is 6. The normalized spacial score (nSPS) is 11.8. The van der Waals surface area contributed by atoms with E-state index in [9.17, 15) is 14.4 Å². The molecule has 0 aliphatic rings. The Labute approximate surface area is 99.5 Å². The smallest absolute Gasteiger partial charge is 0.326 e. The Morgan fingerprint density at radius 3 is 2.29 bits per heavy atom. The van der Waals surface area contributed by atoms with Crippen LogP contribution in [0.4, 0.5) is 4.79 Å². The van der Waals surface area contributed by atoms with Gasteiger partial charge in [-0.3, -0.25) is 4.79 Å². The maximum absolute atomic E-state index is 11.3. The summed E-state index contributed by atoms with van der Waals surface area (Å²) in [6.45, 7) is 3.48. The van der Waals surface area contributed by atoms with E-state index in [-0.39, 0.29) is 18.9 Å². The molecule has 0 saturated carbocycles. The van der Waals surface area contributed by atoms with Crippen molar-refractivity contribution in [3.63, 3.8) is 0 Å². The lowest BCUT2D eigenvalue weighted by atomic mass is 10.1.